The average Bonchev–Trinajstić information content (AvgIpc) is 3.40. The SMILES string of the molecule is CC(C)N(CCNc1nc(N2CCOCC2)nc2c1ncn2-c1ccsc1)C(C)C. The zero-order valence-corrected chi connectivity index (χ0v) is 19.0. The number of ether oxygens (including phenoxy) is 1. The number of nitrogens with zero attached hydrogens (tertiary/aromatic N) is 6. The summed E-state index contributed by atoms with van der Waals surface area (Å²) in [6.45, 7) is 13.7. The Balaban J connectivity index is 1.65. The van der Waals surface area contributed by atoms with Crippen molar-refractivity contribution in [1.82, 2.24) is 24.4 Å². The Bertz CT molecular complexity index is 940. The van der Waals surface area contributed by atoms with Crippen molar-refractivity contribution in [3.05, 3.63) is 23.2 Å². The van der Waals surface area contributed by atoms with E-state index in [1.165, 1.54) is 0 Å². The molecule has 0 unspecified atom stereocenters. The summed E-state index contributed by atoms with van der Waals surface area (Å²) in [6, 6.07) is 3.08. The first kappa shape index (κ1) is 21.0. The van der Waals surface area contributed by atoms with E-state index in [2.05, 4.69) is 64.6 Å². The normalized spacial score (nSPS) is 15.1. The molecule has 3 aromatic heterocycles. The van der Waals surface area contributed by atoms with Crippen molar-refractivity contribution in [2.45, 2.75) is 39.8 Å². The molecule has 1 aliphatic rings. The van der Waals surface area contributed by atoms with Gasteiger partial charge in [0, 0.05) is 43.6 Å². The van der Waals surface area contributed by atoms with Crippen LogP contribution in [-0.2, 0) is 4.74 Å². The number of aromatic nitrogens is 4. The van der Waals surface area contributed by atoms with E-state index in [1.54, 1.807) is 11.3 Å². The number of hydrogen-bond acceptors (Lipinski definition) is 8. The molecule has 1 fully saturated rings. The molecule has 0 atom stereocenters. The lowest BCUT2D eigenvalue weighted by atomic mass is 10.2. The van der Waals surface area contributed by atoms with E-state index in [9.17, 15) is 0 Å². The number of fused-ring (bicyclic) bond motifs is 1. The van der Waals surface area contributed by atoms with Crippen LogP contribution in [-0.4, -0.2) is 75.9 Å². The van der Waals surface area contributed by atoms with Crippen molar-refractivity contribution in [2.75, 3.05) is 49.6 Å². The maximum absolute atomic E-state index is 5.51. The molecule has 0 radical (unpaired) electrons. The van der Waals surface area contributed by atoms with Gasteiger partial charge in [0.05, 0.1) is 18.9 Å². The van der Waals surface area contributed by atoms with Crippen LogP contribution >= 0.6 is 11.3 Å². The van der Waals surface area contributed by atoms with Crippen LogP contribution in [0.3, 0.4) is 0 Å². The maximum atomic E-state index is 5.51. The molecular weight excluding hydrogens is 398 g/mol. The summed E-state index contributed by atoms with van der Waals surface area (Å²) in [7, 11) is 0. The summed E-state index contributed by atoms with van der Waals surface area (Å²) >= 11 is 1.67. The summed E-state index contributed by atoms with van der Waals surface area (Å²) in [5.74, 6) is 1.53. The molecule has 8 nitrogen and oxygen atoms in total. The molecule has 0 amide bonds. The average molecular weight is 430 g/mol. The molecule has 1 aliphatic heterocycles. The molecule has 4 rings (SSSR count). The molecule has 0 aliphatic carbocycles. The van der Waals surface area contributed by atoms with Crippen LogP contribution < -0.4 is 10.2 Å². The lowest BCUT2D eigenvalue weighted by Gasteiger charge is -2.30. The lowest BCUT2D eigenvalue weighted by Crippen LogP contribution is -2.40. The van der Waals surface area contributed by atoms with Crippen molar-refractivity contribution in [2.24, 2.45) is 0 Å². The molecule has 162 valence electrons. The number of morpholine rings is 1. The Morgan fingerprint density at radius 1 is 1.17 bits per heavy atom. The first-order chi connectivity index (χ1) is 14.5. The van der Waals surface area contributed by atoms with Gasteiger partial charge in [-0.2, -0.15) is 21.3 Å². The summed E-state index contributed by atoms with van der Waals surface area (Å²) in [4.78, 5) is 19.1. The second kappa shape index (κ2) is 9.28. The highest BCUT2D eigenvalue weighted by Crippen LogP contribution is 2.26. The number of hydrogen-bond donors (Lipinski definition) is 1. The van der Waals surface area contributed by atoms with Gasteiger partial charge in [0.1, 0.15) is 6.33 Å². The Morgan fingerprint density at radius 3 is 2.60 bits per heavy atom. The van der Waals surface area contributed by atoms with Gasteiger partial charge in [-0.15, -0.1) is 0 Å². The second-order valence-electron chi connectivity index (χ2n) is 8.09. The fourth-order valence-corrected chi connectivity index (χ4v) is 4.54. The second-order valence-corrected chi connectivity index (χ2v) is 8.87. The quantitative estimate of drug-likeness (QED) is 0.589. The van der Waals surface area contributed by atoms with Crippen molar-refractivity contribution in [1.29, 1.82) is 0 Å². The number of rotatable bonds is 8. The molecule has 1 saturated heterocycles. The van der Waals surface area contributed by atoms with Gasteiger partial charge in [-0.25, -0.2) is 4.98 Å². The van der Waals surface area contributed by atoms with Gasteiger partial charge in [0.2, 0.25) is 5.95 Å². The van der Waals surface area contributed by atoms with Crippen LogP contribution in [0.5, 0.6) is 0 Å². The highest BCUT2D eigenvalue weighted by atomic mass is 32.1. The fourth-order valence-electron chi connectivity index (χ4n) is 3.92. The van der Waals surface area contributed by atoms with E-state index >= 15 is 0 Å². The Labute approximate surface area is 181 Å². The van der Waals surface area contributed by atoms with Crippen molar-refractivity contribution < 1.29 is 4.74 Å². The Kier molecular flexibility index (Phi) is 6.50. The minimum atomic E-state index is 0.499. The van der Waals surface area contributed by atoms with Crippen LogP contribution in [0.1, 0.15) is 27.7 Å². The minimum absolute atomic E-state index is 0.499. The molecule has 30 heavy (non-hydrogen) atoms. The number of thiophene rings is 1. The molecule has 3 aromatic rings. The number of imidazole rings is 1. The Hall–Kier alpha value is -2.23. The number of nitrogens with one attached hydrogen (secondary N) is 1. The number of anilines is 2. The molecular formula is C21H31N7OS. The molecule has 9 heteroatoms. The third-order valence-electron chi connectivity index (χ3n) is 5.45. The van der Waals surface area contributed by atoms with Gasteiger partial charge in [0.25, 0.3) is 0 Å². The highest BCUT2D eigenvalue weighted by Gasteiger charge is 2.20. The van der Waals surface area contributed by atoms with E-state index < -0.39 is 0 Å². The predicted molar refractivity (Wildman–Crippen MR) is 123 cm³/mol. The third kappa shape index (κ3) is 4.43. The molecule has 0 saturated carbocycles. The van der Waals surface area contributed by atoms with Crippen molar-refractivity contribution >= 4 is 34.3 Å². The van der Waals surface area contributed by atoms with E-state index in [0.717, 1.165) is 54.8 Å². The van der Waals surface area contributed by atoms with Crippen LogP contribution in [0.25, 0.3) is 16.9 Å². The van der Waals surface area contributed by atoms with Crippen LogP contribution in [0.15, 0.2) is 23.2 Å². The lowest BCUT2D eigenvalue weighted by molar-refractivity contribution is 0.122. The van der Waals surface area contributed by atoms with Crippen molar-refractivity contribution in [3.63, 3.8) is 0 Å². The van der Waals surface area contributed by atoms with Crippen LogP contribution in [0, 0.1) is 0 Å². The fraction of sp³-hybridized carbons (Fsp3) is 0.571. The van der Waals surface area contributed by atoms with Gasteiger partial charge in [-0.3, -0.25) is 9.47 Å². The molecule has 0 aromatic carbocycles. The zero-order valence-electron chi connectivity index (χ0n) is 18.2. The smallest absolute Gasteiger partial charge is 0.229 e. The minimum Gasteiger partial charge on any atom is -0.378 e. The van der Waals surface area contributed by atoms with E-state index in [4.69, 9.17) is 14.7 Å². The first-order valence-electron chi connectivity index (χ1n) is 10.6. The van der Waals surface area contributed by atoms with Crippen LogP contribution in [0.2, 0.25) is 0 Å². The predicted octanol–water partition coefficient (Wildman–Crippen LogP) is 3.24. The summed E-state index contributed by atoms with van der Waals surface area (Å²) < 4.78 is 7.55. The highest BCUT2D eigenvalue weighted by molar-refractivity contribution is 7.08. The first-order valence-corrected chi connectivity index (χ1v) is 11.6. The largest absolute Gasteiger partial charge is 0.378 e. The van der Waals surface area contributed by atoms with Crippen LogP contribution in [0.4, 0.5) is 11.8 Å². The third-order valence-corrected chi connectivity index (χ3v) is 6.12. The summed E-state index contributed by atoms with van der Waals surface area (Å²) in [6.07, 6.45) is 1.84. The summed E-state index contributed by atoms with van der Waals surface area (Å²) in [5, 5.41) is 7.71. The zero-order chi connectivity index (χ0) is 21.1. The van der Waals surface area contributed by atoms with Gasteiger partial charge in [-0.1, -0.05) is 0 Å². The Morgan fingerprint density at radius 2 is 1.93 bits per heavy atom. The molecule has 0 spiro atoms. The van der Waals surface area contributed by atoms with E-state index in [-0.39, 0.29) is 0 Å². The van der Waals surface area contributed by atoms with Gasteiger partial charge >= 0.3 is 0 Å². The maximum Gasteiger partial charge on any atom is 0.229 e. The van der Waals surface area contributed by atoms with Crippen molar-refractivity contribution in [3.8, 4) is 5.69 Å². The van der Waals surface area contributed by atoms with Gasteiger partial charge in [0.15, 0.2) is 17.0 Å². The van der Waals surface area contributed by atoms with Gasteiger partial charge < -0.3 is 15.0 Å². The van der Waals surface area contributed by atoms with E-state index in [0.29, 0.717) is 25.3 Å². The summed E-state index contributed by atoms with van der Waals surface area (Å²) in [5.41, 5.74) is 2.71. The topological polar surface area (TPSA) is 71.3 Å². The molecule has 4 heterocycles. The monoisotopic (exact) mass is 429 g/mol. The van der Waals surface area contributed by atoms with Gasteiger partial charge in [-0.05, 0) is 39.1 Å². The molecule has 0 bridgehead atoms. The molecule has 1 N–H and O–H groups in total. The van der Waals surface area contributed by atoms with E-state index in [1.807, 2.05) is 10.9 Å². The standard InChI is InChI=1S/C21H31N7OS/c1-15(2)27(16(3)4)7-6-22-19-18-20(28(14-23-18)17-5-12-30-13-17)25-21(24-19)26-8-10-29-11-9-26/h5,12-16H,6-11H2,1-4H3,(H,22,24,25).